The van der Waals surface area contributed by atoms with Crippen LogP contribution in [0.2, 0.25) is 0 Å². The van der Waals surface area contributed by atoms with Crippen LogP contribution in [0.25, 0.3) is 5.69 Å². The highest BCUT2D eigenvalue weighted by atomic mass is 19.1. The highest BCUT2D eigenvalue weighted by Crippen LogP contribution is 2.29. The van der Waals surface area contributed by atoms with Gasteiger partial charge in [-0.25, -0.2) is 9.07 Å². The Bertz CT molecular complexity index is 830. The first-order chi connectivity index (χ1) is 12.0. The van der Waals surface area contributed by atoms with Gasteiger partial charge in [0.05, 0.1) is 17.6 Å². The van der Waals surface area contributed by atoms with Crippen molar-refractivity contribution in [2.75, 3.05) is 13.1 Å². The zero-order valence-electron chi connectivity index (χ0n) is 13.9. The number of likely N-dealkylation sites (tertiary alicyclic amines) is 1. The molecule has 25 heavy (non-hydrogen) atoms. The molecular formula is C18H19FN4O2. The molecule has 7 heteroatoms. The van der Waals surface area contributed by atoms with Crippen LogP contribution in [0.5, 0.6) is 0 Å². The highest BCUT2D eigenvalue weighted by Gasteiger charge is 2.43. The Morgan fingerprint density at radius 2 is 2.08 bits per heavy atom. The monoisotopic (exact) mass is 342 g/mol. The van der Waals surface area contributed by atoms with Gasteiger partial charge in [-0.2, -0.15) is 5.10 Å². The Labute approximate surface area is 144 Å². The Morgan fingerprint density at radius 1 is 1.32 bits per heavy atom. The van der Waals surface area contributed by atoms with Crippen LogP contribution in [-0.4, -0.2) is 45.6 Å². The fraction of sp³-hybridized carbons (Fsp3) is 0.389. The van der Waals surface area contributed by atoms with Crippen LogP contribution in [0, 0.1) is 18.7 Å². The number of aromatic nitrogens is 2. The molecule has 0 aliphatic carbocycles. The van der Waals surface area contributed by atoms with Crippen molar-refractivity contribution in [3.8, 4) is 5.69 Å². The fourth-order valence-electron chi connectivity index (χ4n) is 3.74. The lowest BCUT2D eigenvalue weighted by Gasteiger charge is -2.35. The molecule has 0 saturated carbocycles. The number of amides is 2. The number of hydrogen-bond acceptors (Lipinski definition) is 3. The van der Waals surface area contributed by atoms with Gasteiger partial charge in [0, 0.05) is 24.8 Å². The van der Waals surface area contributed by atoms with E-state index in [9.17, 15) is 14.0 Å². The summed E-state index contributed by atoms with van der Waals surface area (Å²) in [6, 6.07) is 5.86. The number of rotatable bonds is 2. The summed E-state index contributed by atoms with van der Waals surface area (Å²) in [7, 11) is 0. The molecule has 2 atom stereocenters. The molecule has 2 aliphatic heterocycles. The van der Waals surface area contributed by atoms with Crippen LogP contribution < -0.4 is 5.32 Å². The summed E-state index contributed by atoms with van der Waals surface area (Å²) in [5.74, 6) is -0.542. The van der Waals surface area contributed by atoms with E-state index in [2.05, 4.69) is 10.4 Å². The van der Waals surface area contributed by atoms with Crippen molar-refractivity contribution in [1.82, 2.24) is 20.0 Å². The predicted octanol–water partition coefficient (Wildman–Crippen LogP) is 1.67. The summed E-state index contributed by atoms with van der Waals surface area (Å²) in [5, 5.41) is 7.27. The van der Waals surface area contributed by atoms with Gasteiger partial charge in [-0.1, -0.05) is 0 Å². The van der Waals surface area contributed by atoms with Crippen molar-refractivity contribution in [3.63, 3.8) is 0 Å². The Kier molecular flexibility index (Phi) is 3.78. The lowest BCUT2D eigenvalue weighted by molar-refractivity contribution is -0.123. The van der Waals surface area contributed by atoms with Gasteiger partial charge < -0.3 is 10.2 Å². The number of piperidine rings is 1. The summed E-state index contributed by atoms with van der Waals surface area (Å²) in [5.41, 5.74) is 1.83. The van der Waals surface area contributed by atoms with Gasteiger partial charge in [0.25, 0.3) is 5.91 Å². The number of nitrogens with zero attached hydrogens (tertiary/aromatic N) is 3. The minimum absolute atomic E-state index is 0.0380. The number of carbonyl (C=O) groups excluding carboxylic acids is 2. The van der Waals surface area contributed by atoms with Crippen molar-refractivity contribution in [2.24, 2.45) is 5.92 Å². The molecule has 1 N–H and O–H groups in total. The number of carbonyl (C=O) groups is 2. The first-order valence-corrected chi connectivity index (χ1v) is 8.45. The van der Waals surface area contributed by atoms with Crippen molar-refractivity contribution in [3.05, 3.63) is 47.5 Å². The lowest BCUT2D eigenvalue weighted by atomic mass is 9.91. The van der Waals surface area contributed by atoms with Crippen molar-refractivity contribution in [1.29, 1.82) is 0 Å². The standard InChI is InChI=1S/C18H19FN4O2/c1-11-10-23(13-6-4-12(19)5-7-13)21-16(11)18(25)22-8-2-3-14-15(22)9-20-17(14)24/h4-7,10,14-15H,2-3,8-9H2,1H3,(H,20,24)/t14-,15-/m1/s1. The molecular weight excluding hydrogens is 323 g/mol. The molecule has 0 radical (unpaired) electrons. The van der Waals surface area contributed by atoms with E-state index in [1.807, 2.05) is 6.92 Å². The van der Waals surface area contributed by atoms with Crippen LogP contribution in [0.4, 0.5) is 4.39 Å². The van der Waals surface area contributed by atoms with Gasteiger partial charge >= 0.3 is 0 Å². The quantitative estimate of drug-likeness (QED) is 0.903. The average molecular weight is 342 g/mol. The van der Waals surface area contributed by atoms with E-state index in [0.29, 0.717) is 24.5 Å². The maximum atomic E-state index is 13.1. The van der Waals surface area contributed by atoms with E-state index in [1.54, 1.807) is 27.9 Å². The number of halogens is 1. The Hall–Kier alpha value is -2.70. The zero-order valence-corrected chi connectivity index (χ0v) is 13.9. The van der Waals surface area contributed by atoms with E-state index in [4.69, 9.17) is 0 Å². The van der Waals surface area contributed by atoms with Crippen molar-refractivity contribution >= 4 is 11.8 Å². The Morgan fingerprint density at radius 3 is 2.84 bits per heavy atom. The molecule has 2 amide bonds. The average Bonchev–Trinajstić information content (AvgIpc) is 3.18. The van der Waals surface area contributed by atoms with Crippen LogP contribution in [0.1, 0.15) is 28.9 Å². The first kappa shape index (κ1) is 15.8. The first-order valence-electron chi connectivity index (χ1n) is 8.45. The minimum atomic E-state index is -0.318. The fourth-order valence-corrected chi connectivity index (χ4v) is 3.74. The summed E-state index contributed by atoms with van der Waals surface area (Å²) in [6.45, 7) is 2.98. The Balaban J connectivity index is 1.62. The molecule has 0 unspecified atom stereocenters. The summed E-state index contributed by atoms with van der Waals surface area (Å²) < 4.78 is 14.7. The van der Waals surface area contributed by atoms with E-state index < -0.39 is 0 Å². The third-order valence-corrected chi connectivity index (χ3v) is 5.05. The SMILES string of the molecule is Cc1cn(-c2ccc(F)cc2)nc1C(=O)N1CCC[C@H]2C(=O)NC[C@H]21. The van der Waals surface area contributed by atoms with Gasteiger partial charge in [0.15, 0.2) is 5.69 Å². The summed E-state index contributed by atoms with van der Waals surface area (Å²) in [6.07, 6.45) is 3.40. The molecule has 1 aromatic heterocycles. The van der Waals surface area contributed by atoms with Gasteiger partial charge in [-0.15, -0.1) is 0 Å². The van der Waals surface area contributed by atoms with E-state index in [1.165, 1.54) is 12.1 Å². The number of benzene rings is 1. The van der Waals surface area contributed by atoms with Gasteiger partial charge in [0.2, 0.25) is 5.91 Å². The second kappa shape index (κ2) is 5.98. The molecule has 3 heterocycles. The molecule has 1 aromatic carbocycles. The van der Waals surface area contributed by atoms with Crippen molar-refractivity contribution < 1.29 is 14.0 Å². The van der Waals surface area contributed by atoms with E-state index in [-0.39, 0.29) is 29.6 Å². The predicted molar refractivity (Wildman–Crippen MR) is 88.8 cm³/mol. The molecule has 4 rings (SSSR count). The molecule has 2 saturated heterocycles. The zero-order chi connectivity index (χ0) is 17.6. The third kappa shape index (κ3) is 2.69. The lowest BCUT2D eigenvalue weighted by Crippen LogP contribution is -2.49. The van der Waals surface area contributed by atoms with Gasteiger partial charge in [-0.3, -0.25) is 9.59 Å². The molecule has 2 fully saturated rings. The second-order valence-corrected chi connectivity index (χ2v) is 6.64. The number of nitrogens with one attached hydrogen (secondary N) is 1. The topological polar surface area (TPSA) is 67.2 Å². The third-order valence-electron chi connectivity index (χ3n) is 5.05. The largest absolute Gasteiger partial charge is 0.354 e. The smallest absolute Gasteiger partial charge is 0.274 e. The van der Waals surface area contributed by atoms with Crippen LogP contribution >= 0.6 is 0 Å². The second-order valence-electron chi connectivity index (χ2n) is 6.64. The summed E-state index contributed by atoms with van der Waals surface area (Å²) in [4.78, 5) is 26.7. The van der Waals surface area contributed by atoms with E-state index in [0.717, 1.165) is 18.4 Å². The molecule has 130 valence electrons. The maximum absolute atomic E-state index is 13.1. The van der Waals surface area contributed by atoms with Gasteiger partial charge in [-0.05, 0) is 44.0 Å². The van der Waals surface area contributed by atoms with Crippen LogP contribution in [-0.2, 0) is 4.79 Å². The summed E-state index contributed by atoms with van der Waals surface area (Å²) >= 11 is 0. The normalized spacial score (nSPS) is 22.6. The molecule has 6 nitrogen and oxygen atoms in total. The molecule has 2 aromatic rings. The van der Waals surface area contributed by atoms with Gasteiger partial charge in [0.1, 0.15) is 5.82 Å². The molecule has 0 spiro atoms. The highest BCUT2D eigenvalue weighted by molar-refractivity contribution is 5.95. The maximum Gasteiger partial charge on any atom is 0.274 e. The molecule has 2 aliphatic rings. The van der Waals surface area contributed by atoms with E-state index >= 15 is 0 Å². The number of hydrogen-bond donors (Lipinski definition) is 1. The number of aryl methyl sites for hydroxylation is 1. The minimum Gasteiger partial charge on any atom is -0.354 e. The van der Waals surface area contributed by atoms with Crippen LogP contribution in [0.3, 0.4) is 0 Å². The number of fused-ring (bicyclic) bond motifs is 1. The van der Waals surface area contributed by atoms with Crippen molar-refractivity contribution in [2.45, 2.75) is 25.8 Å². The van der Waals surface area contributed by atoms with Crippen LogP contribution in [0.15, 0.2) is 30.5 Å². The molecule has 0 bridgehead atoms.